The molecule has 0 aliphatic heterocycles. The maximum absolute atomic E-state index is 11.5. The van der Waals surface area contributed by atoms with Gasteiger partial charge in [0.2, 0.25) is 0 Å². The van der Waals surface area contributed by atoms with Crippen LogP contribution >= 0.6 is 11.6 Å². The quantitative estimate of drug-likeness (QED) is 0.917. The molecule has 0 amide bonds. The number of nitrogens with one attached hydrogen (secondary N) is 1. The smallest absolute Gasteiger partial charge is 0.175 e. The molecular formula is C12H16ClNO2S. The van der Waals surface area contributed by atoms with Crippen LogP contribution in [0, 0.1) is 5.92 Å². The topological polar surface area (TPSA) is 46.2 Å². The molecule has 0 heterocycles. The molecule has 17 heavy (non-hydrogen) atoms. The summed E-state index contributed by atoms with van der Waals surface area (Å²) in [5.74, 6) is 0.688. The lowest BCUT2D eigenvalue weighted by Crippen LogP contribution is -2.17. The van der Waals surface area contributed by atoms with Crippen molar-refractivity contribution < 1.29 is 8.42 Å². The van der Waals surface area contributed by atoms with Crippen molar-refractivity contribution in [3.05, 3.63) is 23.2 Å². The number of benzene rings is 1. The van der Waals surface area contributed by atoms with Crippen LogP contribution in [0.2, 0.25) is 5.02 Å². The highest BCUT2D eigenvalue weighted by atomic mass is 35.5. The first-order valence-corrected chi connectivity index (χ1v) is 7.91. The second-order valence-corrected chi connectivity index (χ2v) is 7.11. The van der Waals surface area contributed by atoms with Gasteiger partial charge in [0.05, 0.1) is 15.6 Å². The predicted molar refractivity (Wildman–Crippen MR) is 70.4 cm³/mol. The Morgan fingerprint density at radius 1 is 1.41 bits per heavy atom. The van der Waals surface area contributed by atoms with Gasteiger partial charge in [-0.3, -0.25) is 0 Å². The van der Waals surface area contributed by atoms with Crippen LogP contribution in [-0.2, 0) is 9.84 Å². The molecule has 1 saturated carbocycles. The van der Waals surface area contributed by atoms with Crippen molar-refractivity contribution in [1.29, 1.82) is 0 Å². The van der Waals surface area contributed by atoms with E-state index in [1.807, 2.05) is 0 Å². The van der Waals surface area contributed by atoms with Crippen LogP contribution < -0.4 is 5.32 Å². The largest absolute Gasteiger partial charge is 0.381 e. The van der Waals surface area contributed by atoms with Gasteiger partial charge in [0.1, 0.15) is 0 Å². The van der Waals surface area contributed by atoms with E-state index in [2.05, 4.69) is 12.2 Å². The van der Waals surface area contributed by atoms with Gasteiger partial charge in [-0.15, -0.1) is 0 Å². The van der Waals surface area contributed by atoms with Crippen LogP contribution in [0.5, 0.6) is 0 Å². The number of halogens is 1. The summed E-state index contributed by atoms with van der Waals surface area (Å²) in [7, 11) is -3.18. The third kappa shape index (κ3) is 3.13. The van der Waals surface area contributed by atoms with Crippen LogP contribution in [0.1, 0.15) is 19.8 Å². The van der Waals surface area contributed by atoms with Crippen LogP contribution in [0.25, 0.3) is 0 Å². The minimum Gasteiger partial charge on any atom is -0.381 e. The summed E-state index contributed by atoms with van der Waals surface area (Å²) in [6.07, 6.45) is 3.67. The molecule has 1 unspecified atom stereocenters. The standard InChI is InChI=1S/C12H16ClNO2S/c1-8(9-3-4-9)14-12-7-10(17(2,15)16)5-6-11(12)13/h5-9,14H,3-4H2,1-2H3. The number of sulfone groups is 1. The number of hydrogen-bond donors (Lipinski definition) is 1. The van der Waals surface area contributed by atoms with Crippen LogP contribution in [0.3, 0.4) is 0 Å². The van der Waals surface area contributed by atoms with Crippen LogP contribution in [0.4, 0.5) is 5.69 Å². The summed E-state index contributed by atoms with van der Waals surface area (Å²) in [6.45, 7) is 2.10. The van der Waals surface area contributed by atoms with E-state index >= 15 is 0 Å². The molecular weight excluding hydrogens is 258 g/mol. The third-order valence-electron chi connectivity index (χ3n) is 3.08. The Morgan fingerprint density at radius 3 is 2.59 bits per heavy atom. The molecule has 1 aliphatic carbocycles. The van der Waals surface area contributed by atoms with E-state index in [4.69, 9.17) is 11.6 Å². The van der Waals surface area contributed by atoms with Crippen molar-refractivity contribution in [3.8, 4) is 0 Å². The van der Waals surface area contributed by atoms with Gasteiger partial charge in [-0.05, 0) is 43.9 Å². The Hall–Kier alpha value is -0.740. The molecule has 2 rings (SSSR count). The van der Waals surface area contributed by atoms with Gasteiger partial charge in [0.15, 0.2) is 9.84 Å². The minimum atomic E-state index is -3.18. The summed E-state index contributed by atoms with van der Waals surface area (Å²) in [6, 6.07) is 5.10. The van der Waals surface area contributed by atoms with Crippen LogP contribution in [0.15, 0.2) is 23.1 Å². The van der Waals surface area contributed by atoms with Crippen molar-refractivity contribution in [1.82, 2.24) is 0 Å². The zero-order chi connectivity index (χ0) is 12.6. The fraction of sp³-hybridized carbons (Fsp3) is 0.500. The summed E-state index contributed by atoms with van der Waals surface area (Å²) in [4.78, 5) is 0.299. The van der Waals surface area contributed by atoms with Crippen molar-refractivity contribution >= 4 is 27.1 Å². The molecule has 0 radical (unpaired) electrons. The fourth-order valence-electron chi connectivity index (χ4n) is 1.80. The fourth-order valence-corrected chi connectivity index (χ4v) is 2.62. The van der Waals surface area contributed by atoms with E-state index in [0.29, 0.717) is 27.6 Å². The molecule has 1 aliphatic rings. The molecule has 1 aromatic rings. The average molecular weight is 274 g/mol. The highest BCUT2D eigenvalue weighted by Gasteiger charge is 2.28. The molecule has 1 N–H and O–H groups in total. The van der Waals surface area contributed by atoms with Gasteiger partial charge >= 0.3 is 0 Å². The van der Waals surface area contributed by atoms with Gasteiger partial charge in [-0.1, -0.05) is 11.6 Å². The summed E-state index contributed by atoms with van der Waals surface area (Å²) in [5, 5.41) is 3.85. The Bertz CT molecular complexity index is 523. The maximum atomic E-state index is 11.5. The lowest BCUT2D eigenvalue weighted by molar-refractivity contribution is 0.602. The SMILES string of the molecule is CC(Nc1cc(S(C)(=O)=O)ccc1Cl)C1CC1. The first-order valence-electron chi connectivity index (χ1n) is 5.64. The minimum absolute atomic E-state index is 0.299. The highest BCUT2D eigenvalue weighted by molar-refractivity contribution is 7.90. The maximum Gasteiger partial charge on any atom is 0.175 e. The van der Waals surface area contributed by atoms with Crippen molar-refractivity contribution in [2.75, 3.05) is 11.6 Å². The molecule has 94 valence electrons. The first-order chi connectivity index (χ1) is 7.88. The van der Waals surface area contributed by atoms with E-state index in [1.165, 1.54) is 25.2 Å². The van der Waals surface area contributed by atoms with Crippen molar-refractivity contribution in [3.63, 3.8) is 0 Å². The van der Waals surface area contributed by atoms with Crippen molar-refractivity contribution in [2.24, 2.45) is 5.92 Å². The Kier molecular flexibility index (Phi) is 3.36. The van der Waals surface area contributed by atoms with Crippen LogP contribution in [-0.4, -0.2) is 20.7 Å². The molecule has 0 aromatic heterocycles. The Morgan fingerprint density at radius 2 is 2.06 bits per heavy atom. The van der Waals surface area contributed by atoms with Gasteiger partial charge in [-0.2, -0.15) is 0 Å². The second-order valence-electron chi connectivity index (χ2n) is 4.68. The van der Waals surface area contributed by atoms with Gasteiger partial charge in [-0.25, -0.2) is 8.42 Å². The lowest BCUT2D eigenvalue weighted by atomic mass is 10.2. The highest BCUT2D eigenvalue weighted by Crippen LogP contribution is 2.35. The predicted octanol–water partition coefficient (Wildman–Crippen LogP) is 2.95. The lowest BCUT2D eigenvalue weighted by Gasteiger charge is -2.16. The molecule has 1 fully saturated rings. The Labute approximate surface area is 107 Å². The monoisotopic (exact) mass is 273 g/mol. The number of hydrogen-bond acceptors (Lipinski definition) is 3. The molecule has 0 bridgehead atoms. The zero-order valence-electron chi connectivity index (χ0n) is 9.90. The number of anilines is 1. The van der Waals surface area contributed by atoms with Crippen molar-refractivity contribution in [2.45, 2.75) is 30.7 Å². The van der Waals surface area contributed by atoms with Gasteiger partial charge in [0, 0.05) is 12.3 Å². The van der Waals surface area contributed by atoms with E-state index in [1.54, 1.807) is 12.1 Å². The average Bonchev–Trinajstić information content (AvgIpc) is 3.02. The van der Waals surface area contributed by atoms with E-state index < -0.39 is 9.84 Å². The third-order valence-corrected chi connectivity index (χ3v) is 4.52. The molecule has 0 saturated heterocycles. The van der Waals surface area contributed by atoms with E-state index in [0.717, 1.165) is 0 Å². The summed E-state index contributed by atoms with van der Waals surface area (Å²) < 4.78 is 22.9. The normalized spacial score (nSPS) is 17.8. The molecule has 1 aromatic carbocycles. The molecule has 5 heteroatoms. The second kappa shape index (κ2) is 4.50. The van der Waals surface area contributed by atoms with Gasteiger partial charge in [0.25, 0.3) is 0 Å². The zero-order valence-corrected chi connectivity index (χ0v) is 11.5. The van der Waals surface area contributed by atoms with E-state index in [9.17, 15) is 8.42 Å². The van der Waals surface area contributed by atoms with E-state index in [-0.39, 0.29) is 0 Å². The molecule has 3 nitrogen and oxygen atoms in total. The molecule has 1 atom stereocenters. The summed E-state index contributed by atoms with van der Waals surface area (Å²) in [5.41, 5.74) is 0.703. The summed E-state index contributed by atoms with van der Waals surface area (Å²) >= 11 is 6.06. The van der Waals surface area contributed by atoms with Gasteiger partial charge < -0.3 is 5.32 Å². The first kappa shape index (κ1) is 12.7. The Balaban J connectivity index is 2.25. The molecule has 0 spiro atoms. The number of rotatable bonds is 4.